The Bertz CT molecular complexity index is 1330. The molecule has 0 saturated carbocycles. The number of fused-ring (bicyclic) bond motifs is 1. The van der Waals surface area contributed by atoms with E-state index in [1.54, 1.807) is 24.5 Å². The van der Waals surface area contributed by atoms with E-state index in [0.717, 1.165) is 38.1 Å². The van der Waals surface area contributed by atoms with E-state index in [1.165, 1.54) is 5.56 Å². The molecule has 3 heterocycles. The van der Waals surface area contributed by atoms with Gasteiger partial charge in [0.2, 0.25) is 0 Å². The maximum atomic E-state index is 13.2. The van der Waals surface area contributed by atoms with Gasteiger partial charge in [-0.2, -0.15) is 0 Å². The van der Waals surface area contributed by atoms with E-state index in [-0.39, 0.29) is 5.91 Å². The maximum absolute atomic E-state index is 13.2. The number of amides is 1. The van der Waals surface area contributed by atoms with Crippen LogP contribution in [-0.2, 0) is 11.3 Å². The van der Waals surface area contributed by atoms with E-state index in [9.17, 15) is 4.79 Å². The number of hydrogen-bond acceptors (Lipinski definition) is 5. The van der Waals surface area contributed by atoms with Crippen LogP contribution >= 0.6 is 11.3 Å². The molecule has 0 fully saturated rings. The topological polar surface area (TPSA) is 55.3 Å². The zero-order chi connectivity index (χ0) is 23.8. The van der Waals surface area contributed by atoms with Crippen molar-refractivity contribution < 1.29 is 9.53 Å². The number of aromatic nitrogens is 2. The monoisotopic (exact) mass is 469 g/mol. The number of pyridine rings is 1. The molecule has 4 aromatic rings. The highest BCUT2D eigenvalue weighted by atomic mass is 32.1. The first-order valence-corrected chi connectivity index (χ1v) is 12.3. The fourth-order valence-corrected chi connectivity index (χ4v) is 5.08. The SMILES string of the molecule is Cc1sc(-c2ccccn2)nc1-c1ccc2c(c1)N(Cc1ccc(C(C)C)cc1)C(=O)C(C)O2. The zero-order valence-electron chi connectivity index (χ0n) is 19.8. The number of nitrogens with zero attached hydrogens (tertiary/aromatic N) is 3. The van der Waals surface area contributed by atoms with Gasteiger partial charge < -0.3 is 9.64 Å². The minimum atomic E-state index is -0.523. The molecule has 1 amide bonds. The smallest absolute Gasteiger partial charge is 0.268 e. The Labute approximate surface area is 204 Å². The van der Waals surface area contributed by atoms with Gasteiger partial charge in [0, 0.05) is 16.6 Å². The maximum Gasteiger partial charge on any atom is 0.268 e. The van der Waals surface area contributed by atoms with Crippen molar-refractivity contribution in [1.29, 1.82) is 0 Å². The van der Waals surface area contributed by atoms with Gasteiger partial charge in [-0.25, -0.2) is 4.98 Å². The first-order chi connectivity index (χ1) is 16.4. The largest absolute Gasteiger partial charge is 0.479 e. The standard InChI is InChI=1S/C28H27N3O2S/c1-17(2)21-10-8-20(9-11-21)16-31-24-15-22(12-13-25(24)33-18(3)28(31)32)26-19(4)34-27(30-26)23-7-5-6-14-29-23/h5-15,17-18H,16H2,1-4H3. The summed E-state index contributed by atoms with van der Waals surface area (Å²) >= 11 is 1.62. The molecule has 0 N–H and O–H groups in total. The van der Waals surface area contributed by atoms with E-state index >= 15 is 0 Å². The Balaban J connectivity index is 1.51. The molecular formula is C28H27N3O2S. The van der Waals surface area contributed by atoms with Gasteiger partial charge in [0.25, 0.3) is 5.91 Å². The molecule has 0 saturated heterocycles. The first kappa shape index (κ1) is 22.3. The number of aryl methyl sites for hydroxylation is 1. The summed E-state index contributed by atoms with van der Waals surface area (Å²) in [5.74, 6) is 1.15. The van der Waals surface area contributed by atoms with Crippen LogP contribution in [-0.4, -0.2) is 22.0 Å². The predicted molar refractivity (Wildman–Crippen MR) is 137 cm³/mol. The molecule has 34 heavy (non-hydrogen) atoms. The highest BCUT2D eigenvalue weighted by Crippen LogP contribution is 2.40. The number of carbonyl (C=O) groups is 1. The molecule has 5 nitrogen and oxygen atoms in total. The summed E-state index contributed by atoms with van der Waals surface area (Å²) < 4.78 is 5.94. The molecule has 172 valence electrons. The third-order valence-corrected chi connectivity index (χ3v) is 7.10. The van der Waals surface area contributed by atoms with Crippen molar-refractivity contribution in [2.45, 2.75) is 46.3 Å². The number of anilines is 1. The Morgan fingerprint density at radius 2 is 1.88 bits per heavy atom. The summed E-state index contributed by atoms with van der Waals surface area (Å²) in [5.41, 5.74) is 5.88. The van der Waals surface area contributed by atoms with E-state index in [4.69, 9.17) is 9.72 Å². The van der Waals surface area contributed by atoms with Gasteiger partial charge in [0.1, 0.15) is 10.8 Å². The lowest BCUT2D eigenvalue weighted by Gasteiger charge is -2.33. The first-order valence-electron chi connectivity index (χ1n) is 11.5. The molecule has 1 atom stereocenters. The van der Waals surface area contributed by atoms with E-state index < -0.39 is 6.10 Å². The molecule has 0 bridgehead atoms. The molecule has 0 radical (unpaired) electrons. The number of carbonyl (C=O) groups excluding carboxylic acids is 1. The molecule has 5 rings (SSSR count). The van der Waals surface area contributed by atoms with Crippen molar-refractivity contribution in [3.05, 3.63) is 82.9 Å². The van der Waals surface area contributed by atoms with Gasteiger partial charge in [0.05, 0.1) is 23.6 Å². The van der Waals surface area contributed by atoms with Crippen molar-refractivity contribution in [1.82, 2.24) is 9.97 Å². The number of hydrogen-bond donors (Lipinski definition) is 0. The quantitative estimate of drug-likeness (QED) is 0.330. The molecule has 2 aromatic carbocycles. The molecule has 0 aliphatic carbocycles. The average Bonchev–Trinajstić information content (AvgIpc) is 3.24. The van der Waals surface area contributed by atoms with E-state index in [0.29, 0.717) is 18.2 Å². The average molecular weight is 470 g/mol. The highest BCUT2D eigenvalue weighted by molar-refractivity contribution is 7.15. The number of rotatable bonds is 5. The minimum absolute atomic E-state index is 0.0400. The molecule has 6 heteroatoms. The Morgan fingerprint density at radius 3 is 2.59 bits per heavy atom. The Morgan fingerprint density at radius 1 is 1.09 bits per heavy atom. The highest BCUT2D eigenvalue weighted by Gasteiger charge is 2.32. The van der Waals surface area contributed by atoms with E-state index in [1.807, 2.05) is 41.3 Å². The Kier molecular flexibility index (Phi) is 5.92. The number of ether oxygens (including phenoxy) is 1. The summed E-state index contributed by atoms with van der Waals surface area (Å²) in [5, 5.41) is 0.883. The van der Waals surface area contributed by atoms with Crippen LogP contribution in [0.2, 0.25) is 0 Å². The van der Waals surface area contributed by atoms with Crippen LogP contribution in [0.25, 0.3) is 22.0 Å². The van der Waals surface area contributed by atoms with Gasteiger partial charge in [0.15, 0.2) is 6.10 Å². The van der Waals surface area contributed by atoms with Gasteiger partial charge in [-0.3, -0.25) is 9.78 Å². The van der Waals surface area contributed by atoms with Gasteiger partial charge in [-0.1, -0.05) is 44.2 Å². The van der Waals surface area contributed by atoms with Crippen LogP contribution in [0.3, 0.4) is 0 Å². The van der Waals surface area contributed by atoms with Crippen molar-refractivity contribution in [2.75, 3.05) is 4.90 Å². The van der Waals surface area contributed by atoms with Crippen LogP contribution in [0, 0.1) is 6.92 Å². The normalized spacial score (nSPS) is 15.4. The second-order valence-electron chi connectivity index (χ2n) is 8.90. The predicted octanol–water partition coefficient (Wildman–Crippen LogP) is 6.62. The summed E-state index contributed by atoms with van der Waals surface area (Å²) in [6.45, 7) is 8.73. The molecule has 1 aliphatic heterocycles. The van der Waals surface area contributed by atoms with Crippen LogP contribution < -0.4 is 9.64 Å². The van der Waals surface area contributed by atoms with Crippen LogP contribution in [0.15, 0.2) is 66.9 Å². The second-order valence-corrected chi connectivity index (χ2v) is 10.1. The number of benzene rings is 2. The minimum Gasteiger partial charge on any atom is -0.479 e. The summed E-state index contributed by atoms with van der Waals surface area (Å²) in [7, 11) is 0. The zero-order valence-corrected chi connectivity index (χ0v) is 20.6. The lowest BCUT2D eigenvalue weighted by atomic mass is 10.0. The summed E-state index contributed by atoms with van der Waals surface area (Å²) in [6.07, 6.45) is 1.26. The van der Waals surface area contributed by atoms with Crippen molar-refractivity contribution in [3.63, 3.8) is 0 Å². The van der Waals surface area contributed by atoms with Crippen molar-refractivity contribution in [3.8, 4) is 27.7 Å². The van der Waals surface area contributed by atoms with Crippen molar-refractivity contribution >= 4 is 22.9 Å². The molecule has 0 spiro atoms. The lowest BCUT2D eigenvalue weighted by molar-refractivity contribution is -0.125. The van der Waals surface area contributed by atoms with E-state index in [2.05, 4.69) is 50.0 Å². The molecule has 1 aliphatic rings. The van der Waals surface area contributed by atoms with Gasteiger partial charge in [-0.15, -0.1) is 11.3 Å². The van der Waals surface area contributed by atoms with Crippen LogP contribution in [0.5, 0.6) is 5.75 Å². The third-order valence-electron chi connectivity index (χ3n) is 6.11. The van der Waals surface area contributed by atoms with Crippen molar-refractivity contribution in [2.24, 2.45) is 0 Å². The molecule has 2 aromatic heterocycles. The summed E-state index contributed by atoms with van der Waals surface area (Å²) in [6, 6.07) is 20.3. The van der Waals surface area contributed by atoms with Gasteiger partial charge in [-0.05, 0) is 61.2 Å². The second kappa shape index (κ2) is 9.03. The van der Waals surface area contributed by atoms with Crippen LogP contribution in [0.4, 0.5) is 5.69 Å². The Hall–Kier alpha value is -3.51. The number of thiazole rings is 1. The fourth-order valence-electron chi connectivity index (χ4n) is 4.17. The fraction of sp³-hybridized carbons (Fsp3) is 0.250. The molecular weight excluding hydrogens is 442 g/mol. The summed E-state index contributed by atoms with van der Waals surface area (Å²) in [4.78, 5) is 25.4. The van der Waals surface area contributed by atoms with Crippen LogP contribution in [0.1, 0.15) is 42.7 Å². The lowest BCUT2D eigenvalue weighted by Crippen LogP contribution is -2.44. The molecule has 1 unspecified atom stereocenters. The van der Waals surface area contributed by atoms with Gasteiger partial charge >= 0.3 is 0 Å². The third kappa shape index (κ3) is 4.21.